The second-order valence-corrected chi connectivity index (χ2v) is 3.62. The summed E-state index contributed by atoms with van der Waals surface area (Å²) >= 11 is 1.58. The Hall–Kier alpha value is -1.56. The zero-order valence-electron chi connectivity index (χ0n) is 8.17. The van der Waals surface area contributed by atoms with Crippen molar-refractivity contribution in [3.8, 4) is 0 Å². The number of anilines is 1. The molecule has 1 N–H and O–H groups in total. The Morgan fingerprint density at radius 2 is 2.40 bits per heavy atom. The number of rotatable bonds is 4. The van der Waals surface area contributed by atoms with Crippen LogP contribution in [0.3, 0.4) is 0 Å². The average molecular weight is 222 g/mol. The first-order chi connectivity index (χ1) is 7.38. The fourth-order valence-electron chi connectivity index (χ4n) is 1.06. The Morgan fingerprint density at radius 1 is 1.47 bits per heavy atom. The van der Waals surface area contributed by atoms with E-state index in [2.05, 4.69) is 20.4 Å². The molecule has 6 heteroatoms. The lowest BCUT2D eigenvalue weighted by atomic mass is 10.4. The summed E-state index contributed by atoms with van der Waals surface area (Å²) < 4.78 is 4.72. The van der Waals surface area contributed by atoms with Crippen molar-refractivity contribution >= 4 is 17.6 Å². The summed E-state index contributed by atoms with van der Waals surface area (Å²) in [5, 5.41) is 7.86. The predicted molar refractivity (Wildman–Crippen MR) is 57.6 cm³/mol. The average Bonchev–Trinajstić information content (AvgIpc) is 2.79. The molecule has 0 fully saturated rings. The van der Waals surface area contributed by atoms with Crippen LogP contribution in [0.4, 0.5) is 5.82 Å². The van der Waals surface area contributed by atoms with Crippen LogP contribution in [-0.2, 0) is 6.54 Å². The summed E-state index contributed by atoms with van der Waals surface area (Å²) in [6.45, 7) is 0.599. The lowest BCUT2D eigenvalue weighted by Crippen LogP contribution is -2.01. The highest BCUT2D eigenvalue weighted by atomic mass is 32.2. The van der Waals surface area contributed by atoms with E-state index in [9.17, 15) is 0 Å². The van der Waals surface area contributed by atoms with Crippen molar-refractivity contribution in [2.24, 2.45) is 0 Å². The van der Waals surface area contributed by atoms with Gasteiger partial charge < -0.3 is 9.84 Å². The van der Waals surface area contributed by atoms with Crippen molar-refractivity contribution in [3.63, 3.8) is 0 Å². The van der Waals surface area contributed by atoms with Gasteiger partial charge in [-0.2, -0.15) is 0 Å². The molecule has 78 valence electrons. The van der Waals surface area contributed by atoms with E-state index in [0.717, 1.165) is 16.5 Å². The van der Waals surface area contributed by atoms with E-state index < -0.39 is 0 Å². The highest BCUT2D eigenvalue weighted by Crippen LogP contribution is 2.13. The maximum atomic E-state index is 4.72. The molecule has 0 unspecified atom stereocenters. The van der Waals surface area contributed by atoms with Gasteiger partial charge in [0, 0.05) is 12.1 Å². The first kappa shape index (κ1) is 9.97. The number of hydrogen-bond acceptors (Lipinski definition) is 6. The van der Waals surface area contributed by atoms with E-state index in [4.69, 9.17) is 4.52 Å². The maximum absolute atomic E-state index is 4.72. The molecular weight excluding hydrogens is 212 g/mol. The number of hydrogen-bond donors (Lipinski definition) is 1. The summed E-state index contributed by atoms with van der Waals surface area (Å²) in [5.74, 6) is 0.789. The van der Waals surface area contributed by atoms with Crippen LogP contribution in [0.25, 0.3) is 0 Å². The Balaban J connectivity index is 1.98. The predicted octanol–water partition coefficient (Wildman–Crippen LogP) is 1.80. The number of nitrogens with one attached hydrogen (secondary N) is 1. The van der Waals surface area contributed by atoms with E-state index in [1.54, 1.807) is 18.0 Å². The van der Waals surface area contributed by atoms with E-state index >= 15 is 0 Å². The van der Waals surface area contributed by atoms with E-state index in [1.807, 2.05) is 18.4 Å². The van der Waals surface area contributed by atoms with Gasteiger partial charge in [0.05, 0.1) is 6.54 Å². The third kappa shape index (κ3) is 2.69. The van der Waals surface area contributed by atoms with Gasteiger partial charge in [0.1, 0.15) is 29.1 Å². The van der Waals surface area contributed by atoms with Crippen LogP contribution < -0.4 is 5.32 Å². The molecule has 0 saturated carbocycles. The minimum Gasteiger partial charge on any atom is -0.364 e. The molecule has 0 aliphatic heterocycles. The van der Waals surface area contributed by atoms with Gasteiger partial charge in [-0.15, -0.1) is 11.8 Å². The van der Waals surface area contributed by atoms with Crippen molar-refractivity contribution in [2.75, 3.05) is 11.6 Å². The van der Waals surface area contributed by atoms with Crippen molar-refractivity contribution < 1.29 is 4.52 Å². The van der Waals surface area contributed by atoms with Gasteiger partial charge in [-0.05, 0) is 6.26 Å². The molecule has 15 heavy (non-hydrogen) atoms. The SMILES string of the molecule is CSc1cc(NCc2ccon2)ncn1. The molecule has 0 bridgehead atoms. The molecule has 0 aliphatic carbocycles. The first-order valence-corrected chi connectivity index (χ1v) is 5.60. The highest BCUT2D eigenvalue weighted by molar-refractivity contribution is 7.98. The largest absolute Gasteiger partial charge is 0.364 e. The molecule has 0 saturated heterocycles. The van der Waals surface area contributed by atoms with Gasteiger partial charge in [0.15, 0.2) is 0 Å². The van der Waals surface area contributed by atoms with Crippen LogP contribution in [0.15, 0.2) is 34.3 Å². The second-order valence-electron chi connectivity index (χ2n) is 2.79. The molecule has 0 aliphatic rings. The number of aromatic nitrogens is 3. The van der Waals surface area contributed by atoms with Gasteiger partial charge in [0.2, 0.25) is 0 Å². The molecule has 2 rings (SSSR count). The summed E-state index contributed by atoms with van der Waals surface area (Å²) in [6.07, 6.45) is 5.06. The third-order valence-electron chi connectivity index (χ3n) is 1.79. The Labute approximate surface area is 91.3 Å². The van der Waals surface area contributed by atoms with Crippen molar-refractivity contribution in [1.82, 2.24) is 15.1 Å². The van der Waals surface area contributed by atoms with Crippen molar-refractivity contribution in [1.29, 1.82) is 0 Å². The maximum Gasteiger partial charge on any atom is 0.130 e. The van der Waals surface area contributed by atoms with Crippen LogP contribution in [-0.4, -0.2) is 21.4 Å². The molecule has 0 aromatic carbocycles. The highest BCUT2D eigenvalue weighted by Gasteiger charge is 1.99. The topological polar surface area (TPSA) is 63.8 Å². The summed E-state index contributed by atoms with van der Waals surface area (Å²) in [4.78, 5) is 8.17. The summed E-state index contributed by atoms with van der Waals surface area (Å²) in [5.41, 5.74) is 0.847. The van der Waals surface area contributed by atoms with Crippen LogP contribution in [0, 0.1) is 0 Å². The molecule has 2 aromatic rings. The molecule has 0 spiro atoms. The minimum absolute atomic E-state index is 0.599. The smallest absolute Gasteiger partial charge is 0.130 e. The van der Waals surface area contributed by atoms with Gasteiger partial charge in [0.25, 0.3) is 0 Å². The molecule has 0 amide bonds. The lowest BCUT2D eigenvalue weighted by Gasteiger charge is -2.03. The molecule has 2 heterocycles. The first-order valence-electron chi connectivity index (χ1n) is 4.37. The van der Waals surface area contributed by atoms with Crippen LogP contribution in [0.1, 0.15) is 5.69 Å². The standard InChI is InChI=1S/C9H10N4OS/c1-15-9-4-8(11-6-12-9)10-5-7-2-3-14-13-7/h2-4,6H,5H2,1H3,(H,10,11,12). The van der Waals surface area contributed by atoms with Gasteiger partial charge in [-0.25, -0.2) is 9.97 Å². The summed E-state index contributed by atoms with van der Waals surface area (Å²) in [6, 6.07) is 3.70. The Morgan fingerprint density at radius 3 is 3.13 bits per heavy atom. The van der Waals surface area contributed by atoms with Crippen molar-refractivity contribution in [3.05, 3.63) is 30.4 Å². The molecule has 2 aromatic heterocycles. The lowest BCUT2D eigenvalue weighted by molar-refractivity contribution is 0.412. The van der Waals surface area contributed by atoms with E-state index in [0.29, 0.717) is 6.54 Å². The number of nitrogens with zero attached hydrogens (tertiary/aromatic N) is 3. The normalized spacial score (nSPS) is 10.2. The summed E-state index contributed by atoms with van der Waals surface area (Å²) in [7, 11) is 0. The minimum atomic E-state index is 0.599. The number of thioether (sulfide) groups is 1. The van der Waals surface area contributed by atoms with Gasteiger partial charge in [-0.1, -0.05) is 5.16 Å². The molecule has 0 atom stereocenters. The fourth-order valence-corrected chi connectivity index (χ4v) is 1.44. The Bertz CT molecular complexity index is 418. The zero-order chi connectivity index (χ0) is 10.5. The molecular formula is C9H10N4OS. The third-order valence-corrected chi connectivity index (χ3v) is 2.43. The fraction of sp³-hybridized carbons (Fsp3) is 0.222. The van der Waals surface area contributed by atoms with Gasteiger partial charge in [-0.3, -0.25) is 0 Å². The van der Waals surface area contributed by atoms with Crippen LogP contribution >= 0.6 is 11.8 Å². The van der Waals surface area contributed by atoms with Crippen LogP contribution in [0.5, 0.6) is 0 Å². The molecule has 5 nitrogen and oxygen atoms in total. The molecule has 0 radical (unpaired) electrons. The second kappa shape index (κ2) is 4.79. The monoisotopic (exact) mass is 222 g/mol. The van der Waals surface area contributed by atoms with Crippen LogP contribution in [0.2, 0.25) is 0 Å². The Kier molecular flexibility index (Phi) is 3.18. The zero-order valence-corrected chi connectivity index (χ0v) is 8.99. The van der Waals surface area contributed by atoms with E-state index in [1.165, 1.54) is 6.33 Å². The van der Waals surface area contributed by atoms with E-state index in [-0.39, 0.29) is 0 Å². The quantitative estimate of drug-likeness (QED) is 0.628. The van der Waals surface area contributed by atoms with Crippen molar-refractivity contribution in [2.45, 2.75) is 11.6 Å². The van der Waals surface area contributed by atoms with Gasteiger partial charge >= 0.3 is 0 Å².